The van der Waals surface area contributed by atoms with E-state index in [9.17, 15) is 4.79 Å². The molecule has 0 radical (unpaired) electrons. The molecule has 0 heterocycles. The number of anilines is 1. The van der Waals surface area contributed by atoms with E-state index in [0.29, 0.717) is 21.5 Å². The fourth-order valence-corrected chi connectivity index (χ4v) is 3.25. The summed E-state index contributed by atoms with van der Waals surface area (Å²) in [6.45, 7) is 6.54. The molecule has 0 saturated heterocycles. The summed E-state index contributed by atoms with van der Waals surface area (Å²) in [5, 5.41) is 3.80. The minimum Gasteiger partial charge on any atom is -0.325 e. The Morgan fingerprint density at radius 1 is 1.04 bits per heavy atom. The third kappa shape index (κ3) is 5.76. The first-order valence-corrected chi connectivity index (χ1v) is 8.97. The van der Waals surface area contributed by atoms with Crippen LogP contribution in [0.1, 0.15) is 26.3 Å². The summed E-state index contributed by atoms with van der Waals surface area (Å²) in [6.07, 6.45) is 0. The van der Waals surface area contributed by atoms with E-state index in [4.69, 9.17) is 23.2 Å². The number of thioether (sulfide) groups is 1. The number of halogens is 2. The molecule has 0 aliphatic heterocycles. The highest BCUT2D eigenvalue weighted by Gasteiger charge is 2.13. The van der Waals surface area contributed by atoms with Crippen LogP contribution in [0.3, 0.4) is 0 Å². The van der Waals surface area contributed by atoms with E-state index in [1.54, 1.807) is 18.2 Å². The van der Waals surface area contributed by atoms with Crippen LogP contribution < -0.4 is 5.32 Å². The normalized spacial score (nSPS) is 11.3. The predicted octanol–water partition coefficient (Wildman–Crippen LogP) is 6.02. The molecular weight excluding hydrogens is 349 g/mol. The van der Waals surface area contributed by atoms with Crippen LogP contribution in [-0.2, 0) is 10.2 Å². The van der Waals surface area contributed by atoms with Gasteiger partial charge < -0.3 is 5.32 Å². The van der Waals surface area contributed by atoms with Crippen molar-refractivity contribution in [3.05, 3.63) is 58.1 Å². The molecule has 1 N–H and O–H groups in total. The molecular formula is C18H19Cl2NOS. The molecule has 0 bridgehead atoms. The number of nitrogens with one attached hydrogen (secondary N) is 1. The summed E-state index contributed by atoms with van der Waals surface area (Å²) in [5.74, 6) is 0.243. The van der Waals surface area contributed by atoms with Crippen LogP contribution in [0, 0.1) is 0 Å². The SMILES string of the molecule is CC(C)(C)c1ccc(SCC(=O)Nc2cc(Cl)cc(Cl)c2)cc1. The molecule has 2 rings (SSSR count). The lowest BCUT2D eigenvalue weighted by molar-refractivity contribution is -0.113. The second-order valence-corrected chi connectivity index (χ2v) is 8.19. The van der Waals surface area contributed by atoms with Crippen molar-refractivity contribution in [2.24, 2.45) is 0 Å². The quantitative estimate of drug-likeness (QED) is 0.669. The Bertz CT molecular complexity index is 673. The van der Waals surface area contributed by atoms with E-state index in [1.165, 1.54) is 17.3 Å². The van der Waals surface area contributed by atoms with Crippen molar-refractivity contribution < 1.29 is 4.79 Å². The standard InChI is InChI=1S/C18H19Cl2NOS/c1-18(2,3)12-4-6-16(7-5-12)23-11-17(22)21-15-9-13(19)8-14(20)10-15/h4-10H,11H2,1-3H3,(H,21,22). The number of amides is 1. The molecule has 0 fully saturated rings. The monoisotopic (exact) mass is 367 g/mol. The van der Waals surface area contributed by atoms with E-state index >= 15 is 0 Å². The Morgan fingerprint density at radius 3 is 2.13 bits per heavy atom. The number of hydrogen-bond acceptors (Lipinski definition) is 2. The second kappa shape index (κ2) is 7.61. The summed E-state index contributed by atoms with van der Waals surface area (Å²) in [6, 6.07) is 13.3. The van der Waals surface area contributed by atoms with Gasteiger partial charge >= 0.3 is 0 Å². The first kappa shape index (κ1) is 18.2. The number of hydrogen-bond donors (Lipinski definition) is 1. The van der Waals surface area contributed by atoms with Gasteiger partial charge in [0, 0.05) is 20.6 Å². The largest absolute Gasteiger partial charge is 0.325 e. The number of rotatable bonds is 4. The highest BCUT2D eigenvalue weighted by atomic mass is 35.5. The Balaban J connectivity index is 1.91. The van der Waals surface area contributed by atoms with E-state index in [-0.39, 0.29) is 11.3 Å². The van der Waals surface area contributed by atoms with Gasteiger partial charge in [0.1, 0.15) is 0 Å². The average Bonchev–Trinajstić information content (AvgIpc) is 2.43. The smallest absolute Gasteiger partial charge is 0.234 e. The zero-order valence-electron chi connectivity index (χ0n) is 13.3. The maximum Gasteiger partial charge on any atom is 0.234 e. The minimum absolute atomic E-state index is 0.0896. The Kier molecular flexibility index (Phi) is 6.01. The van der Waals surface area contributed by atoms with Crippen molar-refractivity contribution in [1.29, 1.82) is 0 Å². The highest BCUT2D eigenvalue weighted by molar-refractivity contribution is 8.00. The average molecular weight is 368 g/mol. The summed E-state index contributed by atoms with van der Waals surface area (Å²) >= 11 is 13.3. The van der Waals surface area contributed by atoms with Gasteiger partial charge in [-0.2, -0.15) is 0 Å². The van der Waals surface area contributed by atoms with Crippen molar-refractivity contribution in [3.63, 3.8) is 0 Å². The lowest BCUT2D eigenvalue weighted by Crippen LogP contribution is -2.14. The van der Waals surface area contributed by atoms with E-state index < -0.39 is 0 Å². The molecule has 122 valence electrons. The van der Waals surface area contributed by atoms with Gasteiger partial charge in [-0.3, -0.25) is 4.79 Å². The molecule has 23 heavy (non-hydrogen) atoms. The van der Waals surface area contributed by atoms with Crippen LogP contribution in [0.15, 0.2) is 47.4 Å². The van der Waals surface area contributed by atoms with Gasteiger partial charge in [-0.15, -0.1) is 11.8 Å². The van der Waals surface area contributed by atoms with Gasteiger partial charge in [0.2, 0.25) is 5.91 Å². The topological polar surface area (TPSA) is 29.1 Å². The van der Waals surface area contributed by atoms with Crippen molar-refractivity contribution >= 4 is 46.6 Å². The van der Waals surface area contributed by atoms with Crippen LogP contribution in [0.2, 0.25) is 10.0 Å². The molecule has 5 heteroatoms. The Hall–Kier alpha value is -1.16. The van der Waals surface area contributed by atoms with Gasteiger partial charge in [-0.1, -0.05) is 56.1 Å². The maximum atomic E-state index is 12.0. The molecule has 0 spiro atoms. The number of carbonyl (C=O) groups is 1. The zero-order chi connectivity index (χ0) is 17.0. The molecule has 0 aliphatic rings. The van der Waals surface area contributed by atoms with Crippen LogP contribution in [-0.4, -0.2) is 11.7 Å². The van der Waals surface area contributed by atoms with Crippen LogP contribution in [0.5, 0.6) is 0 Å². The van der Waals surface area contributed by atoms with Gasteiger partial charge in [-0.25, -0.2) is 0 Å². The number of benzene rings is 2. The molecule has 0 atom stereocenters. The van der Waals surface area contributed by atoms with E-state index in [2.05, 4.69) is 50.4 Å². The summed E-state index contributed by atoms with van der Waals surface area (Å²) < 4.78 is 0. The molecule has 2 aromatic carbocycles. The van der Waals surface area contributed by atoms with Gasteiger partial charge in [0.25, 0.3) is 0 Å². The molecule has 0 aliphatic carbocycles. The van der Waals surface area contributed by atoms with Crippen LogP contribution in [0.25, 0.3) is 0 Å². The van der Waals surface area contributed by atoms with Gasteiger partial charge in [0.15, 0.2) is 0 Å². The van der Waals surface area contributed by atoms with Crippen molar-refractivity contribution in [2.75, 3.05) is 11.1 Å². The minimum atomic E-state index is -0.0896. The third-order valence-corrected chi connectivity index (χ3v) is 4.69. The molecule has 1 amide bonds. The second-order valence-electron chi connectivity index (χ2n) is 6.27. The van der Waals surface area contributed by atoms with Crippen LogP contribution >= 0.6 is 35.0 Å². The molecule has 0 saturated carbocycles. The lowest BCUT2D eigenvalue weighted by Gasteiger charge is -2.19. The summed E-state index contributed by atoms with van der Waals surface area (Å²) in [5.41, 5.74) is 2.02. The van der Waals surface area contributed by atoms with Gasteiger partial charge in [-0.05, 0) is 41.3 Å². The van der Waals surface area contributed by atoms with Crippen LogP contribution in [0.4, 0.5) is 5.69 Å². The highest BCUT2D eigenvalue weighted by Crippen LogP contribution is 2.26. The first-order valence-electron chi connectivity index (χ1n) is 7.23. The molecule has 0 aromatic heterocycles. The Labute approximate surface area is 151 Å². The zero-order valence-corrected chi connectivity index (χ0v) is 15.6. The summed E-state index contributed by atoms with van der Waals surface area (Å²) in [4.78, 5) is 13.1. The fraction of sp³-hybridized carbons (Fsp3) is 0.278. The third-order valence-electron chi connectivity index (χ3n) is 3.24. The van der Waals surface area contributed by atoms with Crippen molar-refractivity contribution in [2.45, 2.75) is 31.1 Å². The molecule has 2 aromatic rings. The first-order chi connectivity index (χ1) is 10.7. The molecule has 0 unspecified atom stereocenters. The van der Waals surface area contributed by atoms with Gasteiger partial charge in [0.05, 0.1) is 5.75 Å². The van der Waals surface area contributed by atoms with E-state index in [1.807, 2.05) is 0 Å². The fourth-order valence-electron chi connectivity index (χ4n) is 2.02. The number of carbonyl (C=O) groups excluding carboxylic acids is 1. The summed E-state index contributed by atoms with van der Waals surface area (Å²) in [7, 11) is 0. The van der Waals surface area contributed by atoms with E-state index in [0.717, 1.165) is 4.90 Å². The predicted molar refractivity (Wildman–Crippen MR) is 101 cm³/mol. The molecule has 2 nitrogen and oxygen atoms in total. The Morgan fingerprint density at radius 2 is 1.61 bits per heavy atom. The van der Waals surface area contributed by atoms with Crippen molar-refractivity contribution in [1.82, 2.24) is 0 Å². The maximum absolute atomic E-state index is 12.0. The van der Waals surface area contributed by atoms with Crippen molar-refractivity contribution in [3.8, 4) is 0 Å². The lowest BCUT2D eigenvalue weighted by atomic mass is 9.87.